The van der Waals surface area contributed by atoms with E-state index < -0.39 is 6.10 Å². The average molecular weight is 230 g/mol. The highest BCUT2D eigenvalue weighted by molar-refractivity contribution is 4.82. The number of hydrogen-bond acceptors (Lipinski definition) is 4. The molecule has 0 aliphatic carbocycles. The van der Waals surface area contributed by atoms with Gasteiger partial charge in [-0.05, 0) is 24.2 Å². The first-order valence-electron chi connectivity index (χ1n) is 6.23. The molecule has 0 aromatic carbocycles. The van der Waals surface area contributed by atoms with Gasteiger partial charge in [0.1, 0.15) is 0 Å². The molecule has 1 rings (SSSR count). The fourth-order valence-corrected chi connectivity index (χ4v) is 2.27. The molecule has 0 radical (unpaired) electrons. The van der Waals surface area contributed by atoms with Gasteiger partial charge >= 0.3 is 0 Å². The van der Waals surface area contributed by atoms with Gasteiger partial charge in [-0.1, -0.05) is 13.8 Å². The van der Waals surface area contributed by atoms with Gasteiger partial charge in [-0.15, -0.1) is 0 Å². The molecule has 1 aliphatic rings. The van der Waals surface area contributed by atoms with Crippen LogP contribution in [0.3, 0.4) is 0 Å². The second-order valence-electron chi connectivity index (χ2n) is 5.40. The number of aliphatic hydroxyl groups is 1. The Bertz CT molecular complexity index is 191. The minimum Gasteiger partial charge on any atom is -0.390 e. The summed E-state index contributed by atoms with van der Waals surface area (Å²) in [5, 5.41) is 12.7. The van der Waals surface area contributed by atoms with Crippen LogP contribution < -0.4 is 11.1 Å². The van der Waals surface area contributed by atoms with Crippen molar-refractivity contribution in [3.8, 4) is 0 Å². The largest absolute Gasteiger partial charge is 0.390 e. The van der Waals surface area contributed by atoms with Gasteiger partial charge in [-0.3, -0.25) is 0 Å². The van der Waals surface area contributed by atoms with E-state index in [-0.39, 0.29) is 5.41 Å². The van der Waals surface area contributed by atoms with E-state index in [1.807, 2.05) is 0 Å². The van der Waals surface area contributed by atoms with Gasteiger partial charge in [-0.25, -0.2) is 0 Å². The van der Waals surface area contributed by atoms with Crippen LogP contribution in [0.15, 0.2) is 0 Å². The highest BCUT2D eigenvalue weighted by atomic mass is 16.5. The zero-order valence-electron chi connectivity index (χ0n) is 10.5. The predicted molar refractivity (Wildman–Crippen MR) is 65.3 cm³/mol. The maximum absolute atomic E-state index is 9.36. The number of nitrogens with one attached hydrogen (secondary N) is 1. The summed E-state index contributed by atoms with van der Waals surface area (Å²) in [6, 6.07) is 0. The van der Waals surface area contributed by atoms with Crippen LogP contribution in [0.2, 0.25) is 0 Å². The fourth-order valence-electron chi connectivity index (χ4n) is 2.27. The van der Waals surface area contributed by atoms with Crippen molar-refractivity contribution in [2.45, 2.75) is 32.8 Å². The Balaban J connectivity index is 2.26. The van der Waals surface area contributed by atoms with Gasteiger partial charge in [0, 0.05) is 32.8 Å². The summed E-state index contributed by atoms with van der Waals surface area (Å²) in [5.74, 6) is 0.712. The van der Waals surface area contributed by atoms with Crippen LogP contribution in [-0.4, -0.2) is 44.1 Å². The summed E-state index contributed by atoms with van der Waals surface area (Å²) < 4.78 is 5.38. The minimum atomic E-state index is -0.425. The average Bonchev–Trinajstić information content (AvgIpc) is 2.30. The van der Waals surface area contributed by atoms with E-state index in [2.05, 4.69) is 19.2 Å². The van der Waals surface area contributed by atoms with Crippen molar-refractivity contribution in [1.29, 1.82) is 0 Å². The molecule has 0 aromatic rings. The molecule has 1 unspecified atom stereocenters. The first-order chi connectivity index (χ1) is 7.56. The van der Waals surface area contributed by atoms with Crippen molar-refractivity contribution in [3.05, 3.63) is 0 Å². The van der Waals surface area contributed by atoms with E-state index in [1.165, 1.54) is 0 Å². The molecule has 0 aromatic heterocycles. The second-order valence-corrected chi connectivity index (χ2v) is 5.40. The maximum Gasteiger partial charge on any atom is 0.0786 e. The molecule has 4 nitrogen and oxygen atoms in total. The molecule has 1 atom stereocenters. The first kappa shape index (κ1) is 13.9. The van der Waals surface area contributed by atoms with Crippen LogP contribution >= 0.6 is 0 Å². The van der Waals surface area contributed by atoms with E-state index >= 15 is 0 Å². The highest BCUT2D eigenvalue weighted by Crippen LogP contribution is 2.33. The second kappa shape index (κ2) is 6.55. The summed E-state index contributed by atoms with van der Waals surface area (Å²) in [5.41, 5.74) is 5.62. The third kappa shape index (κ3) is 4.37. The molecule has 1 heterocycles. The molecule has 0 bridgehead atoms. The minimum absolute atomic E-state index is 0.262. The topological polar surface area (TPSA) is 67.5 Å². The summed E-state index contributed by atoms with van der Waals surface area (Å²) in [6.07, 6.45) is 1.87. The van der Waals surface area contributed by atoms with E-state index in [9.17, 15) is 5.11 Å². The van der Waals surface area contributed by atoms with E-state index in [0.29, 0.717) is 19.0 Å². The smallest absolute Gasteiger partial charge is 0.0786 e. The first-order valence-corrected chi connectivity index (χ1v) is 6.23. The van der Waals surface area contributed by atoms with Crippen molar-refractivity contribution in [1.82, 2.24) is 5.32 Å². The molecule has 1 fully saturated rings. The van der Waals surface area contributed by atoms with Crippen molar-refractivity contribution >= 4 is 0 Å². The van der Waals surface area contributed by atoms with Gasteiger partial charge in [-0.2, -0.15) is 0 Å². The van der Waals surface area contributed by atoms with Crippen LogP contribution in [0.1, 0.15) is 26.7 Å². The standard InChI is InChI=1S/C12H26N2O2/c1-12(2,9-14-8-11(15)7-13)10-3-5-16-6-4-10/h10-11,14-15H,3-9,13H2,1-2H3. The molecule has 4 heteroatoms. The molecular formula is C12H26N2O2. The van der Waals surface area contributed by atoms with Crippen molar-refractivity contribution < 1.29 is 9.84 Å². The number of nitrogens with two attached hydrogens (primary N) is 1. The number of hydrogen-bond donors (Lipinski definition) is 3. The summed E-state index contributed by atoms with van der Waals surface area (Å²) >= 11 is 0. The van der Waals surface area contributed by atoms with Crippen molar-refractivity contribution in [2.24, 2.45) is 17.1 Å². The van der Waals surface area contributed by atoms with E-state index in [4.69, 9.17) is 10.5 Å². The molecule has 96 valence electrons. The highest BCUT2D eigenvalue weighted by Gasteiger charge is 2.30. The molecule has 4 N–H and O–H groups in total. The zero-order chi connectivity index (χ0) is 12.0. The zero-order valence-corrected chi connectivity index (χ0v) is 10.5. The quantitative estimate of drug-likeness (QED) is 0.616. The van der Waals surface area contributed by atoms with Gasteiger partial charge in [0.2, 0.25) is 0 Å². The third-order valence-electron chi connectivity index (χ3n) is 3.56. The van der Waals surface area contributed by atoms with E-state index in [1.54, 1.807) is 0 Å². The molecule has 16 heavy (non-hydrogen) atoms. The van der Waals surface area contributed by atoms with E-state index in [0.717, 1.165) is 32.6 Å². The number of aliphatic hydroxyl groups excluding tert-OH is 1. The van der Waals surface area contributed by atoms with Crippen molar-refractivity contribution in [2.75, 3.05) is 32.8 Å². The molecule has 0 saturated carbocycles. The lowest BCUT2D eigenvalue weighted by Gasteiger charge is -2.37. The Hall–Kier alpha value is -0.160. The summed E-state index contributed by atoms with van der Waals surface area (Å²) in [4.78, 5) is 0. The van der Waals surface area contributed by atoms with Gasteiger partial charge < -0.3 is 20.9 Å². The van der Waals surface area contributed by atoms with Gasteiger partial charge in [0.25, 0.3) is 0 Å². The SMILES string of the molecule is CC(C)(CNCC(O)CN)C1CCOCC1. The molecular weight excluding hydrogens is 204 g/mol. The molecule has 1 aliphatic heterocycles. The Morgan fingerprint density at radius 2 is 2.06 bits per heavy atom. The number of rotatable bonds is 6. The van der Waals surface area contributed by atoms with Crippen LogP contribution in [-0.2, 0) is 4.74 Å². The molecule has 0 amide bonds. The Labute approximate surface area is 98.5 Å². The fraction of sp³-hybridized carbons (Fsp3) is 1.00. The van der Waals surface area contributed by atoms with Crippen LogP contribution in [0.4, 0.5) is 0 Å². The van der Waals surface area contributed by atoms with Crippen LogP contribution in [0.25, 0.3) is 0 Å². The summed E-state index contributed by atoms with van der Waals surface area (Å²) in [7, 11) is 0. The van der Waals surface area contributed by atoms with Crippen LogP contribution in [0, 0.1) is 11.3 Å². The predicted octanol–water partition coefficient (Wildman–Crippen LogP) is 0.348. The Morgan fingerprint density at radius 3 is 2.62 bits per heavy atom. The van der Waals surface area contributed by atoms with Crippen molar-refractivity contribution in [3.63, 3.8) is 0 Å². The lowest BCUT2D eigenvalue weighted by molar-refractivity contribution is 0.0219. The third-order valence-corrected chi connectivity index (χ3v) is 3.56. The molecule has 0 spiro atoms. The monoisotopic (exact) mass is 230 g/mol. The van der Waals surface area contributed by atoms with Gasteiger partial charge in [0.05, 0.1) is 6.10 Å². The van der Waals surface area contributed by atoms with Gasteiger partial charge in [0.15, 0.2) is 0 Å². The Morgan fingerprint density at radius 1 is 1.44 bits per heavy atom. The lowest BCUT2D eigenvalue weighted by Crippen LogP contribution is -2.42. The molecule has 1 saturated heterocycles. The van der Waals surface area contributed by atoms with Crippen LogP contribution in [0.5, 0.6) is 0 Å². The summed E-state index contributed by atoms with van der Waals surface area (Å²) in [6.45, 7) is 8.18. The number of ether oxygens (including phenoxy) is 1. The Kier molecular flexibility index (Phi) is 5.69. The normalized spacial score (nSPS) is 21.0. The maximum atomic E-state index is 9.36. The lowest BCUT2D eigenvalue weighted by atomic mass is 9.74.